The van der Waals surface area contributed by atoms with Crippen LogP contribution in [0.3, 0.4) is 0 Å². The molecule has 5 nitrogen and oxygen atoms in total. The summed E-state index contributed by atoms with van der Waals surface area (Å²) in [5, 5.41) is 4.28. The van der Waals surface area contributed by atoms with Crippen LogP contribution in [0, 0.1) is 0 Å². The standard InChI is InChI=1S/C13H7Cl5N4O/c14-6-2-1-5(3-7(6)15)4-20-22-13(23)11-8(16)10(19)9(17)12(18)21-11/h1-4H,(H2,19,21)(H,22,23)/b20-4-. The van der Waals surface area contributed by atoms with Crippen LogP contribution in [0.25, 0.3) is 0 Å². The summed E-state index contributed by atoms with van der Waals surface area (Å²) >= 11 is 29.2. The first-order valence-corrected chi connectivity index (χ1v) is 7.78. The second-order valence-electron chi connectivity index (χ2n) is 4.17. The number of pyridine rings is 1. The summed E-state index contributed by atoms with van der Waals surface area (Å²) in [5.41, 5.74) is 8.29. The third-order valence-electron chi connectivity index (χ3n) is 2.61. The molecule has 1 aromatic carbocycles. The number of hydrogen-bond donors (Lipinski definition) is 2. The minimum atomic E-state index is -0.698. The van der Waals surface area contributed by atoms with Gasteiger partial charge in [-0.05, 0) is 17.7 Å². The van der Waals surface area contributed by atoms with E-state index in [0.717, 1.165) is 0 Å². The van der Waals surface area contributed by atoms with Gasteiger partial charge in [0.25, 0.3) is 5.91 Å². The molecule has 10 heteroatoms. The third kappa shape index (κ3) is 4.19. The first-order chi connectivity index (χ1) is 10.8. The number of nitrogens with one attached hydrogen (secondary N) is 1. The zero-order valence-electron chi connectivity index (χ0n) is 11.1. The molecule has 0 spiro atoms. The number of amides is 1. The molecule has 0 bridgehead atoms. The van der Waals surface area contributed by atoms with Crippen molar-refractivity contribution in [3.05, 3.63) is 54.7 Å². The average molecular weight is 412 g/mol. The van der Waals surface area contributed by atoms with Gasteiger partial charge in [0.2, 0.25) is 0 Å². The Labute approximate surface area is 156 Å². The smallest absolute Gasteiger partial charge is 0.291 e. The highest BCUT2D eigenvalue weighted by Crippen LogP contribution is 2.34. The van der Waals surface area contributed by atoms with Crippen molar-refractivity contribution in [2.75, 3.05) is 5.73 Å². The fourth-order valence-electron chi connectivity index (χ4n) is 1.49. The molecule has 0 saturated heterocycles. The van der Waals surface area contributed by atoms with Gasteiger partial charge in [-0.15, -0.1) is 0 Å². The summed E-state index contributed by atoms with van der Waals surface area (Å²) in [7, 11) is 0. The van der Waals surface area contributed by atoms with Crippen LogP contribution in [0.1, 0.15) is 16.1 Å². The number of nitrogen functional groups attached to an aromatic ring is 1. The number of nitrogens with zero attached hydrogens (tertiary/aromatic N) is 2. The van der Waals surface area contributed by atoms with Crippen molar-refractivity contribution in [1.29, 1.82) is 0 Å². The van der Waals surface area contributed by atoms with Crippen molar-refractivity contribution < 1.29 is 4.79 Å². The van der Waals surface area contributed by atoms with Crippen molar-refractivity contribution in [2.45, 2.75) is 0 Å². The maximum Gasteiger partial charge on any atom is 0.291 e. The lowest BCUT2D eigenvalue weighted by molar-refractivity contribution is 0.0950. The van der Waals surface area contributed by atoms with E-state index in [0.29, 0.717) is 15.6 Å². The van der Waals surface area contributed by atoms with Gasteiger partial charge >= 0.3 is 0 Å². The Morgan fingerprint density at radius 1 is 1.13 bits per heavy atom. The largest absolute Gasteiger partial charge is 0.396 e. The number of hydrazone groups is 1. The van der Waals surface area contributed by atoms with E-state index in [2.05, 4.69) is 15.5 Å². The van der Waals surface area contributed by atoms with Crippen LogP contribution in [-0.4, -0.2) is 17.1 Å². The van der Waals surface area contributed by atoms with Gasteiger partial charge in [0, 0.05) is 0 Å². The number of hydrogen-bond acceptors (Lipinski definition) is 4. The molecule has 0 aliphatic rings. The molecule has 2 rings (SSSR count). The first-order valence-electron chi connectivity index (χ1n) is 5.89. The Hall–Kier alpha value is -1.24. The van der Waals surface area contributed by atoms with E-state index in [1.807, 2.05) is 0 Å². The molecule has 3 N–H and O–H groups in total. The van der Waals surface area contributed by atoms with E-state index in [-0.39, 0.29) is 26.6 Å². The number of rotatable bonds is 3. The minimum absolute atomic E-state index is 0.0208. The van der Waals surface area contributed by atoms with Crippen molar-refractivity contribution >= 4 is 75.8 Å². The maximum absolute atomic E-state index is 12.0. The van der Waals surface area contributed by atoms with E-state index < -0.39 is 5.91 Å². The molecule has 1 heterocycles. The monoisotopic (exact) mass is 410 g/mol. The highest BCUT2D eigenvalue weighted by molar-refractivity contribution is 6.46. The van der Waals surface area contributed by atoms with Gasteiger partial charge < -0.3 is 5.73 Å². The molecule has 0 aliphatic carbocycles. The minimum Gasteiger partial charge on any atom is -0.396 e. The molecule has 1 aromatic heterocycles. The van der Waals surface area contributed by atoms with Crippen LogP contribution in [0.4, 0.5) is 5.69 Å². The summed E-state index contributed by atoms with van der Waals surface area (Å²) in [6.07, 6.45) is 1.37. The van der Waals surface area contributed by atoms with Crippen LogP contribution in [-0.2, 0) is 0 Å². The summed E-state index contributed by atoms with van der Waals surface area (Å²) in [5.74, 6) is -0.698. The van der Waals surface area contributed by atoms with E-state index in [4.69, 9.17) is 63.7 Å². The second-order valence-corrected chi connectivity index (χ2v) is 6.09. The molecule has 0 radical (unpaired) electrons. The molecule has 1 amide bonds. The number of benzene rings is 1. The topological polar surface area (TPSA) is 80.4 Å². The number of halogens is 5. The molecule has 0 fully saturated rings. The molecule has 0 saturated carbocycles. The fraction of sp³-hybridized carbons (Fsp3) is 0. The lowest BCUT2D eigenvalue weighted by Gasteiger charge is -2.07. The summed E-state index contributed by atoms with van der Waals surface area (Å²) in [6, 6.07) is 4.86. The molecule has 0 unspecified atom stereocenters. The number of carbonyl (C=O) groups excluding carboxylic acids is 1. The number of anilines is 1. The predicted octanol–water partition coefficient (Wildman–Crippen LogP) is 4.69. The molecular weight excluding hydrogens is 405 g/mol. The molecule has 120 valence electrons. The van der Waals surface area contributed by atoms with Crippen molar-refractivity contribution in [3.8, 4) is 0 Å². The zero-order chi connectivity index (χ0) is 17.1. The van der Waals surface area contributed by atoms with Gasteiger partial charge in [-0.2, -0.15) is 5.10 Å². The highest BCUT2D eigenvalue weighted by Gasteiger charge is 2.19. The molecule has 23 heavy (non-hydrogen) atoms. The van der Waals surface area contributed by atoms with E-state index in [1.54, 1.807) is 18.2 Å². The zero-order valence-corrected chi connectivity index (χ0v) is 14.9. The van der Waals surface area contributed by atoms with E-state index in [9.17, 15) is 4.79 Å². The predicted molar refractivity (Wildman–Crippen MR) is 95.2 cm³/mol. The highest BCUT2D eigenvalue weighted by atomic mass is 35.5. The van der Waals surface area contributed by atoms with Crippen LogP contribution in [0.5, 0.6) is 0 Å². The maximum atomic E-state index is 12.0. The summed E-state index contributed by atoms with van der Waals surface area (Å²) in [4.78, 5) is 15.8. The Kier molecular flexibility index (Phi) is 5.95. The molecule has 2 aromatic rings. The van der Waals surface area contributed by atoms with Crippen LogP contribution in [0.2, 0.25) is 25.2 Å². The van der Waals surface area contributed by atoms with Crippen LogP contribution >= 0.6 is 58.0 Å². The van der Waals surface area contributed by atoms with Gasteiger partial charge in [-0.25, -0.2) is 10.4 Å². The van der Waals surface area contributed by atoms with Gasteiger partial charge in [-0.1, -0.05) is 64.1 Å². The van der Waals surface area contributed by atoms with Crippen molar-refractivity contribution in [2.24, 2.45) is 5.10 Å². The number of aromatic nitrogens is 1. The molecule has 0 aliphatic heterocycles. The van der Waals surface area contributed by atoms with Gasteiger partial charge in [-0.3, -0.25) is 4.79 Å². The lowest BCUT2D eigenvalue weighted by Crippen LogP contribution is -2.20. The molecule has 0 atom stereocenters. The quantitative estimate of drug-likeness (QED) is 0.436. The number of nitrogens with two attached hydrogens (primary N) is 1. The Morgan fingerprint density at radius 3 is 2.48 bits per heavy atom. The second kappa shape index (κ2) is 7.55. The number of carbonyl (C=O) groups is 1. The van der Waals surface area contributed by atoms with E-state index >= 15 is 0 Å². The normalized spacial score (nSPS) is 11.0. The van der Waals surface area contributed by atoms with Crippen LogP contribution in [0.15, 0.2) is 23.3 Å². The summed E-state index contributed by atoms with van der Waals surface area (Å²) in [6.45, 7) is 0. The lowest BCUT2D eigenvalue weighted by atomic mass is 10.2. The SMILES string of the molecule is Nc1c(Cl)c(Cl)nc(C(=O)N/N=C\c2ccc(Cl)c(Cl)c2)c1Cl. The Morgan fingerprint density at radius 2 is 1.83 bits per heavy atom. The van der Waals surface area contributed by atoms with Crippen molar-refractivity contribution in [3.63, 3.8) is 0 Å². The van der Waals surface area contributed by atoms with Crippen molar-refractivity contribution in [1.82, 2.24) is 10.4 Å². The third-order valence-corrected chi connectivity index (χ3v) is 4.48. The molecular formula is C13H7Cl5N4O. The fourth-order valence-corrected chi connectivity index (χ4v) is 2.39. The van der Waals surface area contributed by atoms with E-state index in [1.165, 1.54) is 6.21 Å². The van der Waals surface area contributed by atoms with Crippen LogP contribution < -0.4 is 11.2 Å². The van der Waals surface area contributed by atoms with Gasteiger partial charge in [0.15, 0.2) is 10.8 Å². The Balaban J connectivity index is 2.17. The first kappa shape index (κ1) is 18.1. The summed E-state index contributed by atoms with van der Waals surface area (Å²) < 4.78 is 0. The van der Waals surface area contributed by atoms with Gasteiger partial charge in [0.1, 0.15) is 5.02 Å². The van der Waals surface area contributed by atoms with Gasteiger partial charge in [0.05, 0.1) is 27.0 Å². The Bertz CT molecular complexity index is 809. The average Bonchev–Trinajstić information content (AvgIpc) is 2.52.